The molecule has 0 unspecified atom stereocenters. The van der Waals surface area contributed by atoms with Gasteiger partial charge in [-0.2, -0.15) is 0 Å². The van der Waals surface area contributed by atoms with E-state index in [1.54, 1.807) is 30.3 Å². The molecule has 152 valence electrons. The minimum absolute atomic E-state index is 0.0222. The van der Waals surface area contributed by atoms with Crippen LogP contribution >= 0.6 is 11.6 Å². The first-order valence-electron chi connectivity index (χ1n) is 9.37. The van der Waals surface area contributed by atoms with Gasteiger partial charge in [0.05, 0.1) is 10.7 Å². The van der Waals surface area contributed by atoms with E-state index in [9.17, 15) is 9.90 Å². The van der Waals surface area contributed by atoms with Crippen molar-refractivity contribution in [1.29, 1.82) is 0 Å². The number of aromatic nitrogens is 3. The molecule has 0 saturated carbocycles. The lowest BCUT2D eigenvalue weighted by molar-refractivity contribution is -0.118. The predicted octanol–water partition coefficient (Wildman–Crippen LogP) is 3.63. The van der Waals surface area contributed by atoms with E-state index in [0.717, 1.165) is 16.6 Å². The molecule has 30 heavy (non-hydrogen) atoms. The van der Waals surface area contributed by atoms with Gasteiger partial charge in [-0.3, -0.25) is 4.79 Å². The van der Waals surface area contributed by atoms with Crippen molar-refractivity contribution in [1.82, 2.24) is 15.0 Å². The van der Waals surface area contributed by atoms with E-state index in [1.165, 1.54) is 4.80 Å². The van der Waals surface area contributed by atoms with Crippen LogP contribution in [0, 0.1) is 0 Å². The van der Waals surface area contributed by atoms with E-state index in [2.05, 4.69) is 15.5 Å². The first-order chi connectivity index (χ1) is 14.6. The van der Waals surface area contributed by atoms with Gasteiger partial charge in [-0.25, -0.2) is 0 Å². The van der Waals surface area contributed by atoms with E-state index in [4.69, 9.17) is 16.3 Å². The molecule has 0 saturated heterocycles. The van der Waals surface area contributed by atoms with Crippen LogP contribution in [-0.4, -0.2) is 39.2 Å². The Labute approximate surface area is 177 Å². The first kappa shape index (κ1) is 19.9. The molecule has 0 aliphatic heterocycles. The number of carbonyl (C=O) groups is 1. The van der Waals surface area contributed by atoms with E-state index in [1.807, 2.05) is 36.4 Å². The molecule has 4 aromatic rings. The van der Waals surface area contributed by atoms with Crippen LogP contribution in [0.15, 0.2) is 66.7 Å². The predicted molar refractivity (Wildman–Crippen MR) is 115 cm³/mol. The van der Waals surface area contributed by atoms with Crippen molar-refractivity contribution in [3.63, 3.8) is 0 Å². The number of ether oxygens (including phenoxy) is 1. The SMILES string of the molecule is O=C(COc1ccc(CCO)cc1-n1nc2ccccc2n1)Nc1ccccc1Cl. The lowest BCUT2D eigenvalue weighted by atomic mass is 10.1. The fraction of sp³-hybridized carbons (Fsp3) is 0.136. The molecule has 0 spiro atoms. The van der Waals surface area contributed by atoms with Gasteiger partial charge in [0.2, 0.25) is 0 Å². The third-order valence-electron chi connectivity index (χ3n) is 4.43. The largest absolute Gasteiger partial charge is 0.481 e. The van der Waals surface area contributed by atoms with Gasteiger partial charge in [-0.05, 0) is 48.4 Å². The number of amides is 1. The summed E-state index contributed by atoms with van der Waals surface area (Å²) in [5.74, 6) is 0.110. The lowest BCUT2D eigenvalue weighted by Gasteiger charge is -2.13. The number of aliphatic hydroxyl groups is 1. The zero-order valence-corrected chi connectivity index (χ0v) is 16.7. The average molecular weight is 423 g/mol. The normalized spacial score (nSPS) is 10.9. The number of hydrogen-bond acceptors (Lipinski definition) is 5. The molecule has 0 radical (unpaired) electrons. The van der Waals surface area contributed by atoms with Crippen molar-refractivity contribution in [2.45, 2.75) is 6.42 Å². The van der Waals surface area contributed by atoms with Gasteiger partial charge in [0.25, 0.3) is 5.91 Å². The van der Waals surface area contributed by atoms with Gasteiger partial charge in [0, 0.05) is 6.61 Å². The fourth-order valence-electron chi connectivity index (χ4n) is 2.99. The molecule has 0 aliphatic carbocycles. The molecule has 1 heterocycles. The van der Waals surface area contributed by atoms with Gasteiger partial charge in [0.15, 0.2) is 6.61 Å². The van der Waals surface area contributed by atoms with E-state index >= 15 is 0 Å². The monoisotopic (exact) mass is 422 g/mol. The molecule has 4 rings (SSSR count). The van der Waals surface area contributed by atoms with Crippen LogP contribution in [0.25, 0.3) is 16.7 Å². The Balaban J connectivity index is 1.58. The number of benzene rings is 3. The second kappa shape index (κ2) is 8.94. The van der Waals surface area contributed by atoms with Crippen molar-refractivity contribution in [3.05, 3.63) is 77.3 Å². The molecule has 1 amide bonds. The topological polar surface area (TPSA) is 89.3 Å². The first-order valence-corrected chi connectivity index (χ1v) is 9.75. The molecule has 0 bridgehead atoms. The summed E-state index contributed by atoms with van der Waals surface area (Å²) in [6.45, 7) is -0.188. The Morgan fingerprint density at radius 3 is 2.43 bits per heavy atom. The van der Waals surface area contributed by atoms with E-state index in [-0.39, 0.29) is 19.1 Å². The number of nitrogens with zero attached hydrogens (tertiary/aromatic N) is 3. The Kier molecular flexibility index (Phi) is 5.92. The highest BCUT2D eigenvalue weighted by Gasteiger charge is 2.14. The van der Waals surface area contributed by atoms with Gasteiger partial charge in [0.1, 0.15) is 22.5 Å². The van der Waals surface area contributed by atoms with Gasteiger partial charge >= 0.3 is 0 Å². The van der Waals surface area contributed by atoms with Crippen molar-refractivity contribution in [2.24, 2.45) is 0 Å². The third-order valence-corrected chi connectivity index (χ3v) is 4.76. The summed E-state index contributed by atoms with van der Waals surface area (Å²) in [7, 11) is 0. The lowest BCUT2D eigenvalue weighted by Crippen LogP contribution is -2.21. The van der Waals surface area contributed by atoms with E-state index in [0.29, 0.717) is 28.6 Å². The Morgan fingerprint density at radius 2 is 1.73 bits per heavy atom. The Hall–Kier alpha value is -3.42. The summed E-state index contributed by atoms with van der Waals surface area (Å²) in [6.07, 6.45) is 0.487. The average Bonchev–Trinajstić information content (AvgIpc) is 3.19. The Bertz CT molecular complexity index is 1160. The third kappa shape index (κ3) is 4.42. The number of halogens is 1. The van der Waals surface area contributed by atoms with Crippen LogP contribution in [-0.2, 0) is 11.2 Å². The van der Waals surface area contributed by atoms with Crippen molar-refractivity contribution < 1.29 is 14.6 Å². The number of fused-ring (bicyclic) bond motifs is 1. The minimum atomic E-state index is -0.341. The molecule has 2 N–H and O–H groups in total. The Morgan fingerprint density at radius 1 is 1.03 bits per heavy atom. The summed E-state index contributed by atoms with van der Waals surface area (Å²) in [5.41, 5.74) is 3.50. The fourth-order valence-corrected chi connectivity index (χ4v) is 3.17. The zero-order chi connectivity index (χ0) is 20.9. The van der Waals surface area contributed by atoms with Gasteiger partial charge in [-0.1, -0.05) is 41.9 Å². The molecule has 3 aromatic carbocycles. The molecule has 1 aromatic heterocycles. The van der Waals surface area contributed by atoms with Crippen LogP contribution in [0.5, 0.6) is 5.75 Å². The highest BCUT2D eigenvalue weighted by atomic mass is 35.5. The minimum Gasteiger partial charge on any atom is -0.481 e. The number of nitrogens with one attached hydrogen (secondary N) is 1. The number of rotatable bonds is 7. The van der Waals surface area contributed by atoms with Gasteiger partial charge < -0.3 is 15.2 Å². The van der Waals surface area contributed by atoms with Crippen LogP contribution in [0.1, 0.15) is 5.56 Å². The molecule has 8 heteroatoms. The molecule has 0 fully saturated rings. The summed E-state index contributed by atoms with van der Waals surface area (Å²) in [4.78, 5) is 13.8. The molecule has 0 aliphatic rings. The van der Waals surface area contributed by atoms with Crippen molar-refractivity contribution in [3.8, 4) is 11.4 Å². The van der Waals surface area contributed by atoms with Gasteiger partial charge in [-0.15, -0.1) is 15.0 Å². The van der Waals surface area contributed by atoms with Crippen LogP contribution < -0.4 is 10.1 Å². The standard InChI is InChI=1S/C22H19ClN4O3/c23-16-5-1-2-6-17(16)24-22(29)14-30-21-10-9-15(11-12-28)13-20(21)27-25-18-7-3-4-8-19(18)26-27/h1-10,13,28H,11-12,14H2,(H,24,29). The second-order valence-electron chi connectivity index (χ2n) is 6.57. The number of para-hydroxylation sites is 1. The second-order valence-corrected chi connectivity index (χ2v) is 6.98. The summed E-state index contributed by atoms with van der Waals surface area (Å²) in [5, 5.41) is 21.4. The summed E-state index contributed by atoms with van der Waals surface area (Å²) < 4.78 is 5.78. The molecular formula is C22H19ClN4O3. The van der Waals surface area contributed by atoms with Crippen molar-refractivity contribution >= 4 is 34.2 Å². The highest BCUT2D eigenvalue weighted by Crippen LogP contribution is 2.25. The molecule has 7 nitrogen and oxygen atoms in total. The number of hydrogen-bond donors (Lipinski definition) is 2. The van der Waals surface area contributed by atoms with E-state index < -0.39 is 0 Å². The van der Waals surface area contributed by atoms with Crippen molar-refractivity contribution in [2.75, 3.05) is 18.5 Å². The quantitative estimate of drug-likeness (QED) is 0.474. The smallest absolute Gasteiger partial charge is 0.262 e. The number of aliphatic hydroxyl groups excluding tert-OH is 1. The van der Waals surface area contributed by atoms with Crippen LogP contribution in [0.3, 0.4) is 0 Å². The number of carbonyl (C=O) groups excluding carboxylic acids is 1. The maximum Gasteiger partial charge on any atom is 0.262 e. The van der Waals surface area contributed by atoms with Crippen LogP contribution in [0.2, 0.25) is 5.02 Å². The molecular weight excluding hydrogens is 404 g/mol. The summed E-state index contributed by atoms with van der Waals surface area (Å²) >= 11 is 6.08. The highest BCUT2D eigenvalue weighted by molar-refractivity contribution is 6.33. The van der Waals surface area contributed by atoms with Crippen LogP contribution in [0.4, 0.5) is 5.69 Å². The zero-order valence-electron chi connectivity index (χ0n) is 16.0. The number of anilines is 1. The maximum absolute atomic E-state index is 12.3. The summed E-state index contributed by atoms with van der Waals surface area (Å²) in [6, 6.07) is 19.9. The maximum atomic E-state index is 12.3. The molecule has 0 atom stereocenters.